The van der Waals surface area contributed by atoms with Crippen molar-refractivity contribution in [3.8, 4) is 16.9 Å². The SMILES string of the molecule is CCNCc1cc(OC)ccc1-c1ccc(F)cc1C. The third-order valence-corrected chi connectivity index (χ3v) is 3.36. The molecule has 0 aliphatic heterocycles. The summed E-state index contributed by atoms with van der Waals surface area (Å²) < 4.78 is 18.5. The Bertz CT molecular complexity index is 596. The van der Waals surface area contributed by atoms with E-state index < -0.39 is 0 Å². The van der Waals surface area contributed by atoms with Gasteiger partial charge in [-0.2, -0.15) is 0 Å². The van der Waals surface area contributed by atoms with Crippen molar-refractivity contribution in [3.63, 3.8) is 0 Å². The predicted octanol–water partition coefficient (Wildman–Crippen LogP) is 3.92. The van der Waals surface area contributed by atoms with Crippen LogP contribution in [0.5, 0.6) is 5.75 Å². The predicted molar refractivity (Wildman–Crippen MR) is 80.5 cm³/mol. The Morgan fingerprint density at radius 2 is 1.85 bits per heavy atom. The highest BCUT2D eigenvalue weighted by atomic mass is 19.1. The van der Waals surface area contributed by atoms with E-state index in [1.54, 1.807) is 13.2 Å². The first-order chi connectivity index (χ1) is 9.65. The number of benzene rings is 2. The maximum absolute atomic E-state index is 13.3. The molecule has 106 valence electrons. The van der Waals surface area contributed by atoms with Crippen LogP contribution in [0.15, 0.2) is 36.4 Å². The summed E-state index contributed by atoms with van der Waals surface area (Å²) in [5.41, 5.74) is 4.26. The van der Waals surface area contributed by atoms with Crippen LogP contribution in [0, 0.1) is 12.7 Å². The largest absolute Gasteiger partial charge is 0.497 e. The van der Waals surface area contributed by atoms with Crippen molar-refractivity contribution in [1.82, 2.24) is 5.32 Å². The van der Waals surface area contributed by atoms with Gasteiger partial charge in [0.25, 0.3) is 0 Å². The monoisotopic (exact) mass is 273 g/mol. The van der Waals surface area contributed by atoms with Crippen molar-refractivity contribution < 1.29 is 9.13 Å². The lowest BCUT2D eigenvalue weighted by molar-refractivity contribution is 0.414. The minimum absolute atomic E-state index is 0.201. The van der Waals surface area contributed by atoms with Crippen LogP contribution >= 0.6 is 0 Å². The Kier molecular flexibility index (Phi) is 4.74. The van der Waals surface area contributed by atoms with Crippen molar-refractivity contribution in [1.29, 1.82) is 0 Å². The number of rotatable bonds is 5. The second-order valence-electron chi connectivity index (χ2n) is 4.76. The molecule has 0 aliphatic carbocycles. The van der Waals surface area contributed by atoms with E-state index in [1.807, 2.05) is 31.2 Å². The number of aryl methyl sites for hydroxylation is 1. The van der Waals surface area contributed by atoms with Crippen LogP contribution in [0.25, 0.3) is 11.1 Å². The van der Waals surface area contributed by atoms with Crippen LogP contribution in [-0.4, -0.2) is 13.7 Å². The highest BCUT2D eigenvalue weighted by Crippen LogP contribution is 2.30. The number of ether oxygens (including phenoxy) is 1. The minimum atomic E-state index is -0.201. The highest BCUT2D eigenvalue weighted by Gasteiger charge is 2.09. The summed E-state index contributed by atoms with van der Waals surface area (Å²) in [6, 6.07) is 10.9. The summed E-state index contributed by atoms with van der Waals surface area (Å²) in [5, 5.41) is 3.33. The molecule has 0 fully saturated rings. The van der Waals surface area contributed by atoms with E-state index in [0.29, 0.717) is 0 Å². The van der Waals surface area contributed by atoms with Crippen LogP contribution in [-0.2, 0) is 6.54 Å². The maximum atomic E-state index is 13.3. The van der Waals surface area contributed by atoms with Gasteiger partial charge in [-0.05, 0) is 60.0 Å². The lowest BCUT2D eigenvalue weighted by atomic mass is 9.95. The zero-order valence-electron chi connectivity index (χ0n) is 12.2. The molecule has 0 aromatic heterocycles. The molecular formula is C17H20FNO. The van der Waals surface area contributed by atoms with Gasteiger partial charge in [-0.1, -0.05) is 19.1 Å². The Balaban J connectivity index is 2.48. The zero-order chi connectivity index (χ0) is 14.5. The summed E-state index contributed by atoms with van der Waals surface area (Å²) in [6.07, 6.45) is 0. The quantitative estimate of drug-likeness (QED) is 0.891. The fourth-order valence-corrected chi connectivity index (χ4v) is 2.30. The average molecular weight is 273 g/mol. The number of methoxy groups -OCH3 is 1. The van der Waals surface area contributed by atoms with Crippen molar-refractivity contribution in [2.75, 3.05) is 13.7 Å². The summed E-state index contributed by atoms with van der Waals surface area (Å²) in [6.45, 7) is 5.67. The van der Waals surface area contributed by atoms with Crippen LogP contribution < -0.4 is 10.1 Å². The van der Waals surface area contributed by atoms with Gasteiger partial charge in [-0.3, -0.25) is 0 Å². The molecule has 0 saturated heterocycles. The zero-order valence-corrected chi connectivity index (χ0v) is 12.2. The molecule has 1 N–H and O–H groups in total. The lowest BCUT2D eigenvalue weighted by Crippen LogP contribution is -2.12. The molecule has 0 amide bonds. The van der Waals surface area contributed by atoms with E-state index in [0.717, 1.165) is 41.1 Å². The molecule has 2 aromatic carbocycles. The Hall–Kier alpha value is -1.87. The third kappa shape index (κ3) is 3.17. The summed E-state index contributed by atoms with van der Waals surface area (Å²) in [4.78, 5) is 0. The number of nitrogens with one attached hydrogen (secondary N) is 1. The van der Waals surface area contributed by atoms with Crippen LogP contribution in [0.1, 0.15) is 18.1 Å². The lowest BCUT2D eigenvalue weighted by Gasteiger charge is -2.14. The smallest absolute Gasteiger partial charge is 0.123 e. The van der Waals surface area contributed by atoms with Crippen molar-refractivity contribution in [2.24, 2.45) is 0 Å². The number of hydrogen-bond donors (Lipinski definition) is 1. The molecule has 2 rings (SSSR count). The first-order valence-electron chi connectivity index (χ1n) is 6.80. The van der Waals surface area contributed by atoms with Gasteiger partial charge in [0.2, 0.25) is 0 Å². The Morgan fingerprint density at radius 1 is 1.10 bits per heavy atom. The molecule has 0 spiro atoms. The molecule has 0 saturated carbocycles. The first kappa shape index (κ1) is 14.5. The Labute approximate surface area is 119 Å². The van der Waals surface area contributed by atoms with E-state index in [-0.39, 0.29) is 5.82 Å². The molecular weight excluding hydrogens is 253 g/mol. The summed E-state index contributed by atoms with van der Waals surface area (Å²) in [7, 11) is 1.66. The van der Waals surface area contributed by atoms with Gasteiger partial charge in [0.1, 0.15) is 11.6 Å². The molecule has 20 heavy (non-hydrogen) atoms. The number of hydrogen-bond acceptors (Lipinski definition) is 2. The standard InChI is InChI=1S/C17H20FNO/c1-4-19-11-13-10-15(20-3)6-8-17(13)16-7-5-14(18)9-12(16)2/h5-10,19H,4,11H2,1-3H3. The van der Waals surface area contributed by atoms with Gasteiger partial charge >= 0.3 is 0 Å². The van der Waals surface area contributed by atoms with Gasteiger partial charge in [0.05, 0.1) is 7.11 Å². The molecule has 0 atom stereocenters. The minimum Gasteiger partial charge on any atom is -0.497 e. The average Bonchev–Trinajstić information content (AvgIpc) is 2.45. The van der Waals surface area contributed by atoms with Crippen LogP contribution in [0.3, 0.4) is 0 Å². The second-order valence-corrected chi connectivity index (χ2v) is 4.76. The molecule has 2 aromatic rings. The molecule has 0 aliphatic rings. The normalized spacial score (nSPS) is 10.6. The molecule has 0 heterocycles. The fourth-order valence-electron chi connectivity index (χ4n) is 2.30. The van der Waals surface area contributed by atoms with Gasteiger partial charge in [-0.25, -0.2) is 4.39 Å². The topological polar surface area (TPSA) is 21.3 Å². The summed E-state index contributed by atoms with van der Waals surface area (Å²) >= 11 is 0. The fraction of sp³-hybridized carbons (Fsp3) is 0.294. The molecule has 3 heteroatoms. The first-order valence-corrected chi connectivity index (χ1v) is 6.80. The van der Waals surface area contributed by atoms with Crippen molar-refractivity contribution >= 4 is 0 Å². The van der Waals surface area contributed by atoms with Crippen LogP contribution in [0.2, 0.25) is 0 Å². The molecule has 0 radical (unpaired) electrons. The van der Waals surface area contributed by atoms with E-state index in [9.17, 15) is 4.39 Å². The molecule has 0 unspecified atom stereocenters. The van der Waals surface area contributed by atoms with Gasteiger partial charge in [-0.15, -0.1) is 0 Å². The maximum Gasteiger partial charge on any atom is 0.123 e. The Morgan fingerprint density at radius 3 is 2.50 bits per heavy atom. The highest BCUT2D eigenvalue weighted by molar-refractivity contribution is 5.71. The van der Waals surface area contributed by atoms with E-state index in [2.05, 4.69) is 12.2 Å². The van der Waals surface area contributed by atoms with E-state index in [1.165, 1.54) is 6.07 Å². The van der Waals surface area contributed by atoms with Gasteiger partial charge < -0.3 is 10.1 Å². The van der Waals surface area contributed by atoms with Crippen molar-refractivity contribution in [3.05, 3.63) is 53.3 Å². The van der Waals surface area contributed by atoms with E-state index >= 15 is 0 Å². The second kappa shape index (κ2) is 6.53. The van der Waals surface area contributed by atoms with Crippen LogP contribution in [0.4, 0.5) is 4.39 Å². The van der Waals surface area contributed by atoms with Crippen molar-refractivity contribution in [2.45, 2.75) is 20.4 Å². The molecule has 2 nitrogen and oxygen atoms in total. The van der Waals surface area contributed by atoms with Gasteiger partial charge in [0.15, 0.2) is 0 Å². The van der Waals surface area contributed by atoms with E-state index in [4.69, 9.17) is 4.74 Å². The van der Waals surface area contributed by atoms with Gasteiger partial charge in [0, 0.05) is 6.54 Å². The summed E-state index contributed by atoms with van der Waals surface area (Å²) in [5.74, 6) is 0.634. The molecule has 0 bridgehead atoms. The number of halogens is 1. The third-order valence-electron chi connectivity index (χ3n) is 3.36.